The number of hydrogen-bond donors (Lipinski definition) is 2. The van der Waals surface area contributed by atoms with Gasteiger partial charge in [0.2, 0.25) is 11.8 Å². The molecule has 0 saturated carbocycles. The molecule has 2 N–H and O–H groups in total. The largest absolute Gasteiger partial charge is 0.448 e. The van der Waals surface area contributed by atoms with E-state index in [-0.39, 0.29) is 25.0 Å². The average molecular weight is 439 g/mol. The zero-order chi connectivity index (χ0) is 22.2. The van der Waals surface area contributed by atoms with Crippen molar-refractivity contribution in [2.24, 2.45) is 0 Å². The lowest BCUT2D eigenvalue weighted by Crippen LogP contribution is -2.37. The second-order valence-electron chi connectivity index (χ2n) is 6.82. The van der Waals surface area contributed by atoms with Crippen LogP contribution in [0.15, 0.2) is 36.4 Å². The number of benzene rings is 1. The van der Waals surface area contributed by atoms with Crippen molar-refractivity contribution in [2.75, 3.05) is 25.0 Å². The van der Waals surface area contributed by atoms with Gasteiger partial charge in [-0.2, -0.15) is 5.26 Å². The summed E-state index contributed by atoms with van der Waals surface area (Å²) in [7, 11) is 0. The van der Waals surface area contributed by atoms with Crippen LogP contribution in [0.25, 0.3) is 6.08 Å². The lowest BCUT2D eigenvalue weighted by molar-refractivity contribution is -0.119. The van der Waals surface area contributed by atoms with E-state index >= 15 is 0 Å². The third-order valence-corrected chi connectivity index (χ3v) is 5.72. The molecule has 0 spiro atoms. The van der Waals surface area contributed by atoms with E-state index in [1.54, 1.807) is 11.0 Å². The molecule has 31 heavy (non-hydrogen) atoms. The summed E-state index contributed by atoms with van der Waals surface area (Å²) in [5, 5.41) is 15.4. The van der Waals surface area contributed by atoms with Crippen LogP contribution in [0.3, 0.4) is 0 Å². The van der Waals surface area contributed by atoms with E-state index in [2.05, 4.69) is 16.7 Å². The van der Waals surface area contributed by atoms with Crippen LogP contribution in [0.1, 0.15) is 28.5 Å². The van der Waals surface area contributed by atoms with Crippen LogP contribution in [0, 0.1) is 11.3 Å². The zero-order valence-electron chi connectivity index (χ0n) is 17.0. The first-order valence-corrected chi connectivity index (χ1v) is 10.5. The fourth-order valence-electron chi connectivity index (χ4n) is 3.11. The number of anilines is 1. The molecule has 8 nitrogen and oxygen atoms in total. The predicted molar refractivity (Wildman–Crippen MR) is 117 cm³/mol. The second-order valence-corrected chi connectivity index (χ2v) is 7.93. The van der Waals surface area contributed by atoms with Crippen molar-refractivity contribution < 1.29 is 19.1 Å². The molecule has 0 atom stereocenters. The molecule has 3 amide bonds. The summed E-state index contributed by atoms with van der Waals surface area (Å²) in [6.07, 6.45) is 3.16. The second kappa shape index (κ2) is 10.4. The molecule has 3 rings (SSSR count). The highest BCUT2D eigenvalue weighted by molar-refractivity contribution is 7.16. The lowest BCUT2D eigenvalue weighted by atomic mass is 10.0. The van der Waals surface area contributed by atoms with Gasteiger partial charge < -0.3 is 20.3 Å². The molecule has 0 aliphatic carbocycles. The van der Waals surface area contributed by atoms with Crippen LogP contribution in [0.5, 0.6) is 0 Å². The average Bonchev–Trinajstić information content (AvgIpc) is 3.11. The van der Waals surface area contributed by atoms with Crippen molar-refractivity contribution in [3.8, 4) is 6.07 Å². The zero-order valence-corrected chi connectivity index (χ0v) is 17.8. The van der Waals surface area contributed by atoms with Crippen LogP contribution in [-0.2, 0) is 27.3 Å². The molecule has 0 fully saturated rings. The Morgan fingerprint density at radius 3 is 2.77 bits per heavy atom. The van der Waals surface area contributed by atoms with Crippen molar-refractivity contribution in [1.29, 1.82) is 5.26 Å². The number of ether oxygens (including phenoxy) is 1. The molecule has 1 aromatic heterocycles. The number of hydrogen-bond acceptors (Lipinski definition) is 6. The van der Waals surface area contributed by atoms with Gasteiger partial charge in [-0.15, -0.1) is 11.3 Å². The van der Waals surface area contributed by atoms with Crippen LogP contribution in [0.4, 0.5) is 9.80 Å². The van der Waals surface area contributed by atoms with Crippen molar-refractivity contribution >= 4 is 40.3 Å². The molecule has 0 saturated heterocycles. The highest BCUT2D eigenvalue weighted by Gasteiger charge is 2.28. The minimum Gasteiger partial charge on any atom is -0.448 e. The third-order valence-electron chi connectivity index (χ3n) is 4.59. The van der Waals surface area contributed by atoms with Crippen molar-refractivity contribution in [2.45, 2.75) is 19.9 Å². The SMILES string of the molecule is CC(=O)NCCOC(=O)N1CCc2c(sc(NC(=O)C=Cc3ccccc3)c2C#N)C1. The Labute approximate surface area is 184 Å². The number of amides is 3. The van der Waals surface area contributed by atoms with Gasteiger partial charge in [-0.25, -0.2) is 4.79 Å². The third kappa shape index (κ3) is 5.93. The molecule has 1 aromatic carbocycles. The first kappa shape index (κ1) is 22.1. The van der Waals surface area contributed by atoms with Crippen LogP contribution in [0.2, 0.25) is 0 Å². The van der Waals surface area contributed by atoms with Gasteiger partial charge in [0, 0.05) is 24.4 Å². The minimum atomic E-state index is -0.473. The van der Waals surface area contributed by atoms with E-state index in [0.717, 1.165) is 16.0 Å². The van der Waals surface area contributed by atoms with Crippen molar-refractivity contribution in [3.63, 3.8) is 0 Å². The van der Waals surface area contributed by atoms with E-state index in [1.165, 1.54) is 24.3 Å². The van der Waals surface area contributed by atoms with Gasteiger partial charge in [-0.3, -0.25) is 9.59 Å². The topological polar surface area (TPSA) is 112 Å². The van der Waals surface area contributed by atoms with E-state index < -0.39 is 6.09 Å². The molecule has 2 heterocycles. The quantitative estimate of drug-likeness (QED) is 0.532. The summed E-state index contributed by atoms with van der Waals surface area (Å²) in [5.74, 6) is -0.511. The predicted octanol–water partition coefficient (Wildman–Crippen LogP) is 2.90. The number of carbonyl (C=O) groups excluding carboxylic acids is 3. The van der Waals surface area contributed by atoms with E-state index in [9.17, 15) is 19.6 Å². The Bertz CT molecular complexity index is 1040. The Balaban J connectivity index is 1.62. The first-order chi connectivity index (χ1) is 15.0. The standard InChI is InChI=1S/C22H22N4O4S/c1-15(27)24-10-12-30-22(29)26-11-9-17-18(13-23)21(31-19(17)14-26)25-20(28)8-7-16-5-3-2-4-6-16/h2-8H,9-12,14H2,1H3,(H,24,27)(H,25,28). The summed E-state index contributed by atoms with van der Waals surface area (Å²) >= 11 is 1.30. The van der Waals surface area contributed by atoms with Crippen LogP contribution < -0.4 is 10.6 Å². The molecule has 1 aliphatic rings. The number of rotatable bonds is 6. The summed E-state index contributed by atoms with van der Waals surface area (Å²) in [6, 6.07) is 11.6. The Morgan fingerprint density at radius 1 is 1.29 bits per heavy atom. The molecule has 9 heteroatoms. The molecule has 1 aliphatic heterocycles. The number of nitriles is 1. The minimum absolute atomic E-state index is 0.0880. The lowest BCUT2D eigenvalue weighted by Gasteiger charge is -2.26. The van der Waals surface area contributed by atoms with Gasteiger partial charge in [-0.05, 0) is 23.6 Å². The Hall–Kier alpha value is -3.64. The van der Waals surface area contributed by atoms with Gasteiger partial charge in [0.05, 0.1) is 18.7 Å². The molecule has 0 bridgehead atoms. The van der Waals surface area contributed by atoms with E-state index in [0.29, 0.717) is 30.1 Å². The number of nitrogens with one attached hydrogen (secondary N) is 2. The van der Waals surface area contributed by atoms with Gasteiger partial charge in [0.1, 0.15) is 17.7 Å². The van der Waals surface area contributed by atoms with Gasteiger partial charge in [0.15, 0.2) is 0 Å². The molecule has 0 radical (unpaired) electrons. The maximum absolute atomic E-state index is 12.3. The molecule has 160 valence electrons. The van der Waals surface area contributed by atoms with Crippen LogP contribution >= 0.6 is 11.3 Å². The fraction of sp³-hybridized carbons (Fsp3) is 0.273. The molecule has 0 unspecified atom stereocenters. The van der Waals surface area contributed by atoms with E-state index in [1.807, 2.05) is 30.3 Å². The molecular weight excluding hydrogens is 416 g/mol. The monoisotopic (exact) mass is 438 g/mol. The Kier molecular flexibility index (Phi) is 7.40. The number of carbonyl (C=O) groups is 3. The van der Waals surface area contributed by atoms with Gasteiger partial charge in [0.25, 0.3) is 0 Å². The summed E-state index contributed by atoms with van der Waals surface area (Å²) in [5.41, 5.74) is 2.20. The highest BCUT2D eigenvalue weighted by Crippen LogP contribution is 2.36. The maximum Gasteiger partial charge on any atom is 0.410 e. The van der Waals surface area contributed by atoms with Gasteiger partial charge in [-0.1, -0.05) is 30.3 Å². The van der Waals surface area contributed by atoms with Crippen LogP contribution in [-0.4, -0.2) is 42.5 Å². The summed E-state index contributed by atoms with van der Waals surface area (Å²) in [4.78, 5) is 37.8. The highest BCUT2D eigenvalue weighted by atomic mass is 32.1. The molecule has 2 aromatic rings. The summed E-state index contributed by atoms with van der Waals surface area (Å²) < 4.78 is 5.18. The smallest absolute Gasteiger partial charge is 0.410 e. The Morgan fingerprint density at radius 2 is 2.06 bits per heavy atom. The normalized spacial score (nSPS) is 12.7. The maximum atomic E-state index is 12.3. The number of nitrogens with zero attached hydrogens (tertiary/aromatic N) is 2. The number of thiophene rings is 1. The van der Waals surface area contributed by atoms with Crippen molar-refractivity contribution in [3.05, 3.63) is 58.0 Å². The fourth-order valence-corrected chi connectivity index (χ4v) is 4.33. The number of fused-ring (bicyclic) bond motifs is 1. The van der Waals surface area contributed by atoms with Gasteiger partial charge >= 0.3 is 6.09 Å². The first-order valence-electron chi connectivity index (χ1n) is 9.73. The van der Waals surface area contributed by atoms with E-state index in [4.69, 9.17) is 4.74 Å². The summed E-state index contributed by atoms with van der Waals surface area (Å²) in [6.45, 7) is 2.46. The molecular formula is C22H22N4O4S. The van der Waals surface area contributed by atoms with Crippen molar-refractivity contribution in [1.82, 2.24) is 10.2 Å².